The first kappa shape index (κ1) is 31.0. The molecule has 1 aromatic rings. The summed E-state index contributed by atoms with van der Waals surface area (Å²) in [6.07, 6.45) is 2.76. The van der Waals surface area contributed by atoms with E-state index in [1.54, 1.807) is 6.07 Å². The van der Waals surface area contributed by atoms with Crippen LogP contribution >= 0.6 is 0 Å². The number of nitrogens with one attached hydrogen (secondary N) is 3. The highest BCUT2D eigenvalue weighted by Gasteiger charge is 2.25. The first-order chi connectivity index (χ1) is 17.7. The van der Waals surface area contributed by atoms with Gasteiger partial charge in [-0.25, -0.2) is 13.8 Å². The maximum absolute atomic E-state index is 14.3. The van der Waals surface area contributed by atoms with E-state index in [0.29, 0.717) is 24.3 Å². The standard InChI is InChI=1S/C27H48F2N8/c1-6-8-18-13-21(19-16-36(4)37(5)17-19)22(26(28)29)14-25(18)35-27(32)23(15-31)24(10-12-33-3)34-20(7-2)9-11-30/h13-14,16,20,26-27,33-35H,6-12,15,17,30-32H2,1-5H3/b24-23-. The molecule has 9 N–H and O–H groups in total. The van der Waals surface area contributed by atoms with Crippen molar-refractivity contribution in [3.63, 3.8) is 0 Å². The van der Waals surface area contributed by atoms with Crippen LogP contribution in [0.5, 0.6) is 0 Å². The van der Waals surface area contributed by atoms with Gasteiger partial charge in [0.15, 0.2) is 0 Å². The van der Waals surface area contributed by atoms with E-state index in [2.05, 4.69) is 29.8 Å². The predicted octanol–water partition coefficient (Wildman–Crippen LogP) is 2.95. The number of nitrogens with two attached hydrogens (primary N) is 3. The van der Waals surface area contributed by atoms with E-state index in [0.717, 1.165) is 61.1 Å². The van der Waals surface area contributed by atoms with Gasteiger partial charge in [0.25, 0.3) is 6.43 Å². The first-order valence-corrected chi connectivity index (χ1v) is 13.4. The lowest BCUT2D eigenvalue weighted by Gasteiger charge is -2.28. The van der Waals surface area contributed by atoms with Crippen molar-refractivity contribution >= 4 is 11.3 Å². The fourth-order valence-corrected chi connectivity index (χ4v) is 4.70. The summed E-state index contributed by atoms with van der Waals surface area (Å²) in [6, 6.07) is 3.68. The molecule has 0 aromatic heterocycles. The molecular weight excluding hydrogens is 474 g/mol. The molecule has 0 saturated carbocycles. The summed E-state index contributed by atoms with van der Waals surface area (Å²) in [5.41, 5.74) is 23.5. The van der Waals surface area contributed by atoms with Gasteiger partial charge in [0.05, 0.1) is 6.17 Å². The van der Waals surface area contributed by atoms with Crippen molar-refractivity contribution in [3.05, 3.63) is 46.3 Å². The Morgan fingerprint density at radius 3 is 2.41 bits per heavy atom. The minimum atomic E-state index is -2.61. The molecule has 1 aliphatic rings. The van der Waals surface area contributed by atoms with E-state index < -0.39 is 12.6 Å². The van der Waals surface area contributed by atoms with Crippen molar-refractivity contribution in [2.75, 3.05) is 52.6 Å². The minimum Gasteiger partial charge on any atom is -0.385 e. The van der Waals surface area contributed by atoms with Crippen LogP contribution in [0.25, 0.3) is 5.57 Å². The molecule has 0 spiro atoms. The summed E-state index contributed by atoms with van der Waals surface area (Å²) in [7, 11) is 5.74. The molecule has 210 valence electrons. The third-order valence-electron chi connectivity index (χ3n) is 6.96. The Hall–Kier alpha value is -2.24. The average Bonchev–Trinajstić information content (AvgIpc) is 3.20. The summed E-state index contributed by atoms with van der Waals surface area (Å²) < 4.78 is 28.6. The Morgan fingerprint density at radius 1 is 1.16 bits per heavy atom. The van der Waals surface area contributed by atoms with E-state index in [1.807, 2.05) is 43.4 Å². The van der Waals surface area contributed by atoms with E-state index in [4.69, 9.17) is 17.2 Å². The van der Waals surface area contributed by atoms with Crippen LogP contribution in [0.4, 0.5) is 14.5 Å². The van der Waals surface area contributed by atoms with Gasteiger partial charge in [-0.1, -0.05) is 20.3 Å². The van der Waals surface area contributed by atoms with Crippen molar-refractivity contribution in [1.82, 2.24) is 20.7 Å². The van der Waals surface area contributed by atoms with Gasteiger partial charge in [-0.2, -0.15) is 0 Å². The highest BCUT2D eigenvalue weighted by molar-refractivity contribution is 5.74. The van der Waals surface area contributed by atoms with Crippen molar-refractivity contribution in [2.24, 2.45) is 17.2 Å². The van der Waals surface area contributed by atoms with E-state index >= 15 is 0 Å². The maximum Gasteiger partial charge on any atom is 0.264 e. The van der Waals surface area contributed by atoms with E-state index in [1.165, 1.54) is 0 Å². The fourth-order valence-electron chi connectivity index (χ4n) is 4.70. The zero-order chi connectivity index (χ0) is 27.5. The number of halogens is 2. The number of benzene rings is 1. The molecule has 2 unspecified atom stereocenters. The van der Waals surface area contributed by atoms with Crippen LogP contribution < -0.4 is 33.2 Å². The summed E-state index contributed by atoms with van der Waals surface area (Å²) in [6.45, 7) is 6.35. The normalized spacial score (nSPS) is 16.6. The molecule has 37 heavy (non-hydrogen) atoms. The zero-order valence-corrected chi connectivity index (χ0v) is 23.2. The smallest absolute Gasteiger partial charge is 0.264 e. The number of nitrogens with zero attached hydrogens (tertiary/aromatic N) is 2. The van der Waals surface area contributed by atoms with Gasteiger partial charge in [0.1, 0.15) is 0 Å². The fraction of sp³-hybridized carbons (Fsp3) is 0.630. The molecule has 1 aliphatic heterocycles. The van der Waals surface area contributed by atoms with Gasteiger partial charge < -0.3 is 38.2 Å². The number of hydrazine groups is 1. The van der Waals surface area contributed by atoms with Gasteiger partial charge in [-0.05, 0) is 73.7 Å². The maximum atomic E-state index is 14.3. The molecule has 0 saturated heterocycles. The first-order valence-electron chi connectivity index (χ1n) is 13.4. The Kier molecular flexibility index (Phi) is 12.8. The topological polar surface area (TPSA) is 121 Å². The lowest BCUT2D eigenvalue weighted by atomic mass is 9.94. The second-order valence-electron chi connectivity index (χ2n) is 9.70. The average molecular weight is 523 g/mol. The van der Waals surface area contributed by atoms with Crippen LogP contribution in [0.15, 0.2) is 29.6 Å². The van der Waals surface area contributed by atoms with Crippen molar-refractivity contribution in [2.45, 2.75) is 64.6 Å². The number of anilines is 1. The molecule has 1 aromatic carbocycles. The minimum absolute atomic E-state index is 0.00491. The van der Waals surface area contributed by atoms with Crippen molar-refractivity contribution in [1.29, 1.82) is 0 Å². The van der Waals surface area contributed by atoms with Gasteiger partial charge >= 0.3 is 0 Å². The molecule has 0 aliphatic carbocycles. The van der Waals surface area contributed by atoms with Crippen molar-refractivity contribution in [3.8, 4) is 0 Å². The lowest BCUT2D eigenvalue weighted by Crippen LogP contribution is -2.40. The van der Waals surface area contributed by atoms with Crippen LogP contribution in [0.1, 0.15) is 62.6 Å². The van der Waals surface area contributed by atoms with Gasteiger partial charge in [-0.3, -0.25) is 0 Å². The number of likely N-dealkylation sites (N-methyl/N-ethyl adjacent to an activating group) is 1. The SMILES string of the molecule is CCCc1cc(C2=CN(C)N(C)C2)c(C(F)F)cc1NC(N)/C(CN)=C(/CCNC)NC(CC)CCN. The molecule has 2 rings (SSSR count). The Labute approximate surface area is 221 Å². The molecule has 1 heterocycles. The molecule has 2 atom stereocenters. The Bertz CT molecular complexity index is 918. The summed E-state index contributed by atoms with van der Waals surface area (Å²) >= 11 is 0. The molecule has 0 bridgehead atoms. The third-order valence-corrected chi connectivity index (χ3v) is 6.96. The van der Waals surface area contributed by atoms with E-state index in [9.17, 15) is 8.78 Å². The third kappa shape index (κ3) is 8.38. The molecular formula is C27H48F2N8. The second kappa shape index (κ2) is 15.2. The highest BCUT2D eigenvalue weighted by atomic mass is 19.3. The monoisotopic (exact) mass is 522 g/mol. The summed E-state index contributed by atoms with van der Waals surface area (Å²) in [5, 5.41) is 14.0. The van der Waals surface area contributed by atoms with Crippen LogP contribution in [-0.4, -0.2) is 69.5 Å². The Morgan fingerprint density at radius 2 is 1.89 bits per heavy atom. The molecule has 8 nitrogen and oxygen atoms in total. The Balaban J connectivity index is 2.49. The van der Waals surface area contributed by atoms with Crippen LogP contribution in [0.2, 0.25) is 0 Å². The van der Waals surface area contributed by atoms with Gasteiger partial charge in [0, 0.05) is 62.9 Å². The van der Waals surface area contributed by atoms with Gasteiger partial charge in [-0.15, -0.1) is 0 Å². The molecule has 10 heteroatoms. The number of rotatable bonds is 16. The van der Waals surface area contributed by atoms with Crippen LogP contribution in [0, 0.1) is 0 Å². The summed E-state index contributed by atoms with van der Waals surface area (Å²) in [4.78, 5) is 0. The molecule has 0 fully saturated rings. The highest BCUT2D eigenvalue weighted by Crippen LogP contribution is 2.36. The second-order valence-corrected chi connectivity index (χ2v) is 9.70. The number of hydrogen-bond donors (Lipinski definition) is 6. The van der Waals surface area contributed by atoms with Crippen molar-refractivity contribution < 1.29 is 8.78 Å². The number of alkyl halides is 2. The largest absolute Gasteiger partial charge is 0.385 e. The van der Waals surface area contributed by atoms with Gasteiger partial charge in [0.2, 0.25) is 0 Å². The zero-order valence-electron chi connectivity index (χ0n) is 23.2. The van der Waals surface area contributed by atoms with Crippen LogP contribution in [-0.2, 0) is 6.42 Å². The van der Waals surface area contributed by atoms with E-state index in [-0.39, 0.29) is 18.2 Å². The number of hydrogen-bond acceptors (Lipinski definition) is 8. The van der Waals surface area contributed by atoms with Crippen LogP contribution in [0.3, 0.4) is 0 Å². The molecule has 0 radical (unpaired) electrons. The molecule has 0 amide bonds. The number of aryl methyl sites for hydroxylation is 1. The lowest BCUT2D eigenvalue weighted by molar-refractivity contribution is 0.118. The summed E-state index contributed by atoms with van der Waals surface area (Å²) in [5.74, 6) is 0. The predicted molar refractivity (Wildman–Crippen MR) is 151 cm³/mol. The quantitative estimate of drug-likeness (QED) is 0.183.